The molecular weight excluding hydrogens is 1900 g/mol. The zero-order chi connectivity index (χ0) is 103. The van der Waals surface area contributed by atoms with Crippen molar-refractivity contribution < 1.29 is 65.0 Å². The van der Waals surface area contributed by atoms with Gasteiger partial charge in [0.05, 0.1) is 105 Å². The number of imidazole rings is 6. The maximum Gasteiger partial charge on any atom is 0.230 e. The van der Waals surface area contributed by atoms with Crippen molar-refractivity contribution in [3.8, 4) is 0 Å². The third-order valence-electron chi connectivity index (χ3n) is 25.0. The van der Waals surface area contributed by atoms with E-state index in [0.29, 0.717) is 131 Å². The lowest BCUT2D eigenvalue weighted by molar-refractivity contribution is 0.102. The topological polar surface area (TPSA) is 333 Å². The van der Waals surface area contributed by atoms with Crippen molar-refractivity contribution in [3.05, 3.63) is 466 Å². The van der Waals surface area contributed by atoms with Gasteiger partial charge in [0, 0.05) is 138 Å². The van der Waals surface area contributed by atoms with E-state index >= 15 is 0 Å². The number of benzene rings is 14. The molecule has 14 heterocycles. The molecule has 0 spiro atoms. The predicted molar refractivity (Wildman–Crippen MR) is 543 cm³/mol. The number of H-pyrrole nitrogens is 14. The summed E-state index contributed by atoms with van der Waals surface area (Å²) in [7, 11) is 0. The first-order valence-corrected chi connectivity index (χ1v) is 45.9. The molecule has 724 valence electrons. The lowest BCUT2D eigenvalue weighted by Gasteiger charge is -1.97. The number of para-hydroxylation sites is 10. The summed E-state index contributed by atoms with van der Waals surface area (Å²) in [5.41, 5.74) is 17.1. The molecule has 28 aromatic rings. The van der Waals surface area contributed by atoms with E-state index in [-0.39, 0.29) is 80.5 Å². The van der Waals surface area contributed by atoms with Crippen molar-refractivity contribution >= 4 is 165 Å². The molecule has 0 saturated heterocycles. The zero-order valence-electron chi connectivity index (χ0n) is 78.4. The molecule has 22 nitrogen and oxygen atoms in total. The Balaban J connectivity index is 0.0000000984. The molecule has 0 saturated carbocycles. The summed E-state index contributed by atoms with van der Waals surface area (Å²) in [5, 5.41) is 5.95. The Morgan fingerprint density at radius 2 is 0.558 bits per heavy atom. The largest absolute Gasteiger partial charge is 0.361 e. The van der Waals surface area contributed by atoms with Crippen molar-refractivity contribution in [2.45, 2.75) is 32.1 Å². The van der Waals surface area contributed by atoms with Gasteiger partial charge in [-0.1, -0.05) is 109 Å². The van der Waals surface area contributed by atoms with Crippen molar-refractivity contribution in [2.75, 3.05) is 0 Å². The minimum absolute atomic E-state index is 0.0447. The molecule has 0 atom stereocenters. The third-order valence-corrected chi connectivity index (χ3v) is 25.0. The van der Waals surface area contributed by atoms with Crippen LogP contribution < -0.4 is 0 Å². The quantitative estimate of drug-likeness (QED) is 0.0366. The van der Waals surface area contributed by atoms with Crippen LogP contribution in [0.2, 0.25) is 0 Å². The number of ketones is 2. The first-order chi connectivity index (χ1) is 72.3. The smallest absolute Gasteiger partial charge is 0.230 e. The molecular formula is C113H76F12N20O2. The molecule has 14 aromatic carbocycles. The lowest BCUT2D eigenvalue weighted by Crippen LogP contribution is -2.02. The first-order valence-electron chi connectivity index (χ1n) is 46.9. The monoisotopic (exact) mass is 1970 g/mol. The second-order valence-corrected chi connectivity index (χ2v) is 34.5. The number of aromatic amines is 14. The molecule has 0 aliphatic rings. The highest BCUT2D eigenvalue weighted by molar-refractivity contribution is 6.17. The molecule has 0 aliphatic heterocycles. The predicted octanol–water partition coefficient (Wildman–Crippen LogP) is 27.0. The fraction of sp³-hybridized carbons (Fsp3) is 0.0442. The van der Waals surface area contributed by atoms with Gasteiger partial charge in [-0.3, -0.25) is 9.59 Å². The van der Waals surface area contributed by atoms with Crippen LogP contribution in [0.15, 0.2) is 316 Å². The maximum atomic E-state index is 13.8. The Bertz CT molecular complexity index is 9770. The molecule has 147 heavy (non-hydrogen) atoms. The van der Waals surface area contributed by atoms with E-state index in [1.807, 2.05) is 73.1 Å². The molecule has 0 bridgehead atoms. The Kier molecular flexibility index (Phi) is 24.1. The number of hydrogen-bond acceptors (Lipinski definition) is 8. The molecule has 0 radical (unpaired) electrons. The standard InChI is InChI=1S/C17H10F2N2O.C16H9F2N3O.3C16H11F2N3.2C16H12FN3/c18-10-5-4-9-6-15(21-14(9)7-10)17(22)12-8-20-16-11(12)2-1-3-13(16)19;17-8-4-5-12-13(6-8)21-16(20-12)15(22)10-7-19-14-9(10)2-1-3-11(14)18;17-11-4-1-3-10-9(8-19-15(10)11)7-14-20-13-6-2-5-12(18)16(13)21-14;2*17-10-4-5-13-14(7-10)21-15(20-13)6-9-8-19-16-11(9)2-1-3-12(16)18;17-12-5-3-4-11-10(9-18-16(11)12)8-15-19-13-6-1-2-7-14(13)20-15;17-11-5-6-14-15(8-11)20-16(19-14)7-10-9-18-13-4-2-1-3-12(10)13/h1-8,20-21H;1-7,19H,(H,20,21);1-6,8,19H,7H2,(H,20,21);2*1-5,7-8,19H,6H2,(H,20,21);1-7,9,18H,8H2,(H,19,20);1-6,8-9,18H,7H2,(H,19,20)/i;;;6D2;;;. The van der Waals surface area contributed by atoms with Gasteiger partial charge >= 0.3 is 0 Å². The summed E-state index contributed by atoms with van der Waals surface area (Å²) >= 11 is 0. The number of nitrogens with zero attached hydrogens (tertiary/aromatic N) is 6. The Morgan fingerprint density at radius 3 is 1.03 bits per heavy atom. The van der Waals surface area contributed by atoms with Crippen LogP contribution in [0.1, 0.15) is 91.9 Å². The molecule has 0 unspecified atom stereocenters. The first kappa shape index (κ1) is 90.3. The summed E-state index contributed by atoms with van der Waals surface area (Å²) in [6.45, 7) is 0. The molecule has 28 rings (SSSR count). The second-order valence-electron chi connectivity index (χ2n) is 34.5. The van der Waals surface area contributed by atoms with Crippen molar-refractivity contribution in [2.24, 2.45) is 0 Å². The SMILES string of the molecule is Fc1ccc2nc(Cc3c[nH]c4c(F)cccc34)[nH]c2c1.Fc1ccc2nc(Cc3c[nH]c4ccccc34)[nH]c2c1.Fc1cccc2[nH]c(Cc3c[nH]c4c(F)cccc34)nc12.Fc1cccc2c(Cc3nc4ccccc4[nH]3)c[nH]c12.O=C(c1cc2ccc(F)cc2[nH]1)c1c[nH]c2c(F)cccc12.O=C(c1nc2ccc(F)cc2[nH]1)c1c[nH]c2c(F)cccc12.[2H]C([2H])(c1nc2ccc(F)cc2[nH]1)c1c[nH]c2c(F)cccc12. The molecule has 34 heteroatoms. The number of halogens is 12. The lowest BCUT2D eigenvalue weighted by atomic mass is 10.1. The molecule has 0 amide bonds. The molecule has 14 aromatic heterocycles. The van der Waals surface area contributed by atoms with Crippen LogP contribution in [0.4, 0.5) is 52.7 Å². The fourth-order valence-corrected chi connectivity index (χ4v) is 18.0. The maximum absolute atomic E-state index is 13.8. The van der Waals surface area contributed by atoms with Gasteiger partial charge in [0.2, 0.25) is 11.6 Å². The van der Waals surface area contributed by atoms with E-state index in [4.69, 9.17) is 2.74 Å². The summed E-state index contributed by atoms with van der Waals surface area (Å²) < 4.78 is 179. The van der Waals surface area contributed by atoms with E-state index in [1.165, 1.54) is 157 Å². The van der Waals surface area contributed by atoms with Crippen LogP contribution >= 0.6 is 0 Å². The molecule has 0 aliphatic carbocycles. The fourth-order valence-electron chi connectivity index (χ4n) is 18.0. The highest BCUT2D eigenvalue weighted by atomic mass is 19.2. The van der Waals surface area contributed by atoms with Gasteiger partial charge in [-0.25, -0.2) is 82.6 Å². The van der Waals surface area contributed by atoms with Gasteiger partial charge < -0.3 is 69.8 Å². The van der Waals surface area contributed by atoms with Crippen LogP contribution in [0.25, 0.3) is 153 Å². The number of carbonyl (C=O) groups excluding carboxylic acids is 2. The van der Waals surface area contributed by atoms with Crippen molar-refractivity contribution in [1.29, 1.82) is 0 Å². The van der Waals surface area contributed by atoms with E-state index < -0.39 is 35.5 Å². The average molecular weight is 1980 g/mol. The highest BCUT2D eigenvalue weighted by Crippen LogP contribution is 2.34. The number of nitrogens with one attached hydrogen (secondary N) is 14. The summed E-state index contributed by atoms with van der Waals surface area (Å²) in [6, 6.07) is 72.5. The number of fused-ring (bicyclic) bond motifs is 14. The highest BCUT2D eigenvalue weighted by Gasteiger charge is 2.24. The van der Waals surface area contributed by atoms with Gasteiger partial charge in [0.15, 0.2) is 11.6 Å². The van der Waals surface area contributed by atoms with Crippen molar-refractivity contribution in [3.63, 3.8) is 0 Å². The van der Waals surface area contributed by atoms with Gasteiger partial charge in [-0.05, 0) is 192 Å². The number of carbonyl (C=O) groups is 2. The van der Waals surface area contributed by atoms with Crippen molar-refractivity contribution in [1.82, 2.24) is 99.7 Å². The van der Waals surface area contributed by atoms with Gasteiger partial charge in [-0.15, -0.1) is 0 Å². The summed E-state index contributed by atoms with van der Waals surface area (Å²) in [4.78, 5) is 92.9. The number of rotatable bonds is 14. The normalized spacial score (nSPS) is 11.8. The molecule has 0 fully saturated rings. The Morgan fingerprint density at radius 1 is 0.238 bits per heavy atom. The van der Waals surface area contributed by atoms with E-state index in [1.54, 1.807) is 91.3 Å². The Hall–Kier alpha value is -19.3. The van der Waals surface area contributed by atoms with Crippen LogP contribution in [0.5, 0.6) is 0 Å². The van der Waals surface area contributed by atoms with E-state index in [0.717, 1.165) is 88.8 Å². The van der Waals surface area contributed by atoms with Crippen LogP contribution in [0.3, 0.4) is 0 Å². The van der Waals surface area contributed by atoms with Crippen LogP contribution in [-0.4, -0.2) is 111 Å². The minimum Gasteiger partial charge on any atom is -0.361 e. The van der Waals surface area contributed by atoms with Gasteiger partial charge in [0.1, 0.15) is 98.6 Å². The second kappa shape index (κ2) is 39.3. The van der Waals surface area contributed by atoms with E-state index in [2.05, 4.69) is 106 Å². The van der Waals surface area contributed by atoms with Crippen LogP contribution in [0, 0.1) is 69.8 Å². The number of aromatic nitrogens is 20. The Labute approximate surface area is 823 Å². The van der Waals surface area contributed by atoms with Crippen LogP contribution in [-0.2, 0) is 32.1 Å². The average Bonchev–Trinajstić information content (AvgIpc) is 1.61. The number of hydrogen-bond donors (Lipinski definition) is 14. The molecule has 14 N–H and O–H groups in total. The summed E-state index contributed by atoms with van der Waals surface area (Å²) in [6.07, 6.45) is 12.1. The summed E-state index contributed by atoms with van der Waals surface area (Å²) in [5.74, 6) is -1.59. The van der Waals surface area contributed by atoms with Gasteiger partial charge in [-0.2, -0.15) is 0 Å². The van der Waals surface area contributed by atoms with E-state index in [9.17, 15) is 62.3 Å². The van der Waals surface area contributed by atoms with Gasteiger partial charge in [0.25, 0.3) is 0 Å². The minimum atomic E-state index is -1.98. The third kappa shape index (κ3) is 19.2. The zero-order valence-corrected chi connectivity index (χ0v) is 76.4.